The van der Waals surface area contributed by atoms with E-state index in [4.69, 9.17) is 10.5 Å². The molecule has 0 unspecified atom stereocenters. The van der Waals surface area contributed by atoms with Gasteiger partial charge in [-0.3, -0.25) is 0 Å². The van der Waals surface area contributed by atoms with Crippen molar-refractivity contribution >= 4 is 21.3 Å². The molecule has 2 aromatic heterocycles. The summed E-state index contributed by atoms with van der Waals surface area (Å²) in [5, 5.41) is 22.4. The van der Waals surface area contributed by atoms with Crippen molar-refractivity contribution in [2.45, 2.75) is 36.1 Å². The summed E-state index contributed by atoms with van der Waals surface area (Å²) in [5.41, 5.74) is 3.51. The van der Waals surface area contributed by atoms with Crippen LogP contribution < -0.4 is 5.73 Å². The standard InChI is InChI=1S/C12H16FN5O5S/c1-12(13)7(20)6(4-19)23-8(12)5-3-15-10-9(14)16-11(17-18(5)10)24(2,21)22/h3,6-8,19-20H,4H2,1-2H3,(H2,14,16,17)/t6-,7-,8+,12-/m1/s1. The molecule has 24 heavy (non-hydrogen) atoms. The summed E-state index contributed by atoms with van der Waals surface area (Å²) >= 11 is 0. The zero-order chi connectivity index (χ0) is 17.9. The molecule has 3 rings (SSSR count). The Bertz CT molecular complexity index is 899. The van der Waals surface area contributed by atoms with Crippen LogP contribution in [0.25, 0.3) is 5.65 Å². The van der Waals surface area contributed by atoms with Crippen LogP contribution in [0.15, 0.2) is 11.4 Å². The SMILES string of the molecule is C[C@@]1(F)[C@H](O)[C@@H](CO)O[C@H]1c1cnc2c(N)nc(S(C)(=O)=O)nn12. The number of aromatic nitrogens is 4. The van der Waals surface area contributed by atoms with E-state index in [-0.39, 0.29) is 17.2 Å². The molecule has 132 valence electrons. The highest BCUT2D eigenvalue weighted by molar-refractivity contribution is 7.90. The number of hydrogen-bond donors (Lipinski definition) is 3. The molecular weight excluding hydrogens is 345 g/mol. The Balaban J connectivity index is 2.19. The molecule has 1 saturated heterocycles. The van der Waals surface area contributed by atoms with E-state index in [1.165, 1.54) is 6.20 Å². The topological polar surface area (TPSA) is 153 Å². The van der Waals surface area contributed by atoms with Crippen LogP contribution in [-0.4, -0.2) is 69.0 Å². The molecule has 10 nitrogen and oxygen atoms in total. The molecule has 0 spiro atoms. The summed E-state index contributed by atoms with van der Waals surface area (Å²) in [5.74, 6) is -0.200. The molecule has 0 aromatic carbocycles. The van der Waals surface area contributed by atoms with Crippen molar-refractivity contribution < 1.29 is 27.8 Å². The van der Waals surface area contributed by atoms with Crippen LogP contribution in [-0.2, 0) is 14.6 Å². The van der Waals surface area contributed by atoms with Gasteiger partial charge >= 0.3 is 0 Å². The number of nitrogens with two attached hydrogens (primary N) is 1. The second-order valence-corrected chi connectivity index (χ2v) is 7.71. The number of rotatable bonds is 3. The first-order chi connectivity index (χ1) is 11.1. The van der Waals surface area contributed by atoms with E-state index in [1.807, 2.05) is 0 Å². The maximum atomic E-state index is 14.9. The largest absolute Gasteiger partial charge is 0.394 e. The fourth-order valence-electron chi connectivity index (χ4n) is 2.64. The van der Waals surface area contributed by atoms with Crippen molar-refractivity contribution in [2.75, 3.05) is 18.6 Å². The van der Waals surface area contributed by atoms with Crippen molar-refractivity contribution in [2.24, 2.45) is 0 Å². The predicted molar refractivity (Wildman–Crippen MR) is 78.5 cm³/mol. The number of nitrogen functional groups attached to an aromatic ring is 1. The lowest BCUT2D eigenvalue weighted by molar-refractivity contribution is -0.0249. The first kappa shape index (κ1) is 17.0. The first-order valence-corrected chi connectivity index (χ1v) is 8.81. The number of halogens is 1. The average molecular weight is 361 g/mol. The van der Waals surface area contributed by atoms with Gasteiger partial charge in [0.2, 0.25) is 9.84 Å². The Morgan fingerprint density at radius 1 is 1.54 bits per heavy atom. The van der Waals surface area contributed by atoms with Gasteiger partial charge < -0.3 is 20.7 Å². The molecular formula is C12H16FN5O5S. The minimum atomic E-state index is -3.76. The van der Waals surface area contributed by atoms with E-state index >= 15 is 0 Å². The molecule has 0 saturated carbocycles. The normalized spacial score (nSPS) is 31.0. The van der Waals surface area contributed by atoms with E-state index in [9.17, 15) is 23.0 Å². The molecule has 1 fully saturated rings. The van der Waals surface area contributed by atoms with Gasteiger partial charge in [0.15, 0.2) is 17.1 Å². The van der Waals surface area contributed by atoms with Crippen LogP contribution in [0.3, 0.4) is 0 Å². The summed E-state index contributed by atoms with van der Waals surface area (Å²) in [6, 6.07) is 0. The van der Waals surface area contributed by atoms with Crippen LogP contribution in [0.1, 0.15) is 18.7 Å². The smallest absolute Gasteiger partial charge is 0.267 e. The third-order valence-electron chi connectivity index (χ3n) is 3.93. The molecule has 4 N–H and O–H groups in total. The van der Waals surface area contributed by atoms with Gasteiger partial charge in [0.05, 0.1) is 18.5 Å². The minimum Gasteiger partial charge on any atom is -0.394 e. The fraction of sp³-hybridized carbons (Fsp3) is 0.583. The molecule has 1 aliphatic heterocycles. The summed E-state index contributed by atoms with van der Waals surface area (Å²) < 4.78 is 44.6. The average Bonchev–Trinajstić information content (AvgIpc) is 2.99. The number of aliphatic hydroxyl groups is 2. The lowest BCUT2D eigenvalue weighted by Gasteiger charge is -2.23. The molecule has 0 aliphatic carbocycles. The van der Waals surface area contributed by atoms with E-state index < -0.39 is 45.6 Å². The molecule has 0 bridgehead atoms. The summed E-state index contributed by atoms with van der Waals surface area (Å²) in [4.78, 5) is 7.62. The predicted octanol–water partition coefficient (Wildman–Crippen LogP) is -1.37. The molecule has 2 aromatic rings. The maximum Gasteiger partial charge on any atom is 0.267 e. The van der Waals surface area contributed by atoms with Crippen LogP contribution >= 0.6 is 0 Å². The number of sulfone groups is 1. The van der Waals surface area contributed by atoms with Gasteiger partial charge in [0.25, 0.3) is 5.16 Å². The van der Waals surface area contributed by atoms with Crippen molar-refractivity contribution in [3.63, 3.8) is 0 Å². The molecule has 12 heteroatoms. The number of imidazole rings is 1. The van der Waals surface area contributed by atoms with Gasteiger partial charge in [0.1, 0.15) is 18.3 Å². The number of ether oxygens (including phenoxy) is 1. The number of aliphatic hydroxyl groups excluding tert-OH is 2. The number of anilines is 1. The van der Waals surface area contributed by atoms with Crippen LogP contribution in [0.4, 0.5) is 10.2 Å². The number of nitrogens with zero attached hydrogens (tertiary/aromatic N) is 4. The van der Waals surface area contributed by atoms with Crippen molar-refractivity contribution in [1.29, 1.82) is 0 Å². The number of hydrogen-bond acceptors (Lipinski definition) is 9. The second-order valence-electron chi connectivity index (χ2n) is 5.80. The van der Waals surface area contributed by atoms with E-state index in [0.29, 0.717) is 0 Å². The van der Waals surface area contributed by atoms with E-state index in [1.54, 1.807) is 0 Å². The Labute approximate surface area is 136 Å². The van der Waals surface area contributed by atoms with Crippen LogP contribution in [0, 0.1) is 0 Å². The minimum absolute atomic E-state index is 0.0266. The lowest BCUT2D eigenvalue weighted by Crippen LogP contribution is -2.39. The van der Waals surface area contributed by atoms with Gasteiger partial charge in [-0.25, -0.2) is 22.3 Å². The highest BCUT2D eigenvalue weighted by Crippen LogP contribution is 2.44. The molecule has 0 amide bonds. The van der Waals surface area contributed by atoms with Gasteiger partial charge in [-0.1, -0.05) is 0 Å². The Hall–Kier alpha value is -1.89. The Kier molecular flexibility index (Phi) is 3.75. The van der Waals surface area contributed by atoms with Crippen molar-refractivity contribution in [3.8, 4) is 0 Å². The highest BCUT2D eigenvalue weighted by Gasteiger charge is 2.55. The number of fused-ring (bicyclic) bond motifs is 1. The molecule has 0 radical (unpaired) electrons. The summed E-state index contributed by atoms with van der Waals surface area (Å²) in [7, 11) is -3.76. The zero-order valence-corrected chi connectivity index (χ0v) is 13.6. The maximum absolute atomic E-state index is 14.9. The quantitative estimate of drug-likeness (QED) is 0.601. The molecule has 4 atom stereocenters. The zero-order valence-electron chi connectivity index (χ0n) is 12.8. The Morgan fingerprint density at radius 2 is 2.21 bits per heavy atom. The highest BCUT2D eigenvalue weighted by atomic mass is 32.2. The van der Waals surface area contributed by atoms with Gasteiger partial charge in [-0.15, -0.1) is 5.10 Å². The van der Waals surface area contributed by atoms with Crippen molar-refractivity contribution in [3.05, 3.63) is 11.9 Å². The fourth-order valence-corrected chi connectivity index (χ4v) is 3.13. The monoisotopic (exact) mass is 361 g/mol. The molecule has 3 heterocycles. The third-order valence-corrected chi connectivity index (χ3v) is 4.77. The van der Waals surface area contributed by atoms with Gasteiger partial charge in [-0.05, 0) is 6.92 Å². The van der Waals surface area contributed by atoms with E-state index in [2.05, 4.69) is 15.1 Å². The van der Waals surface area contributed by atoms with Gasteiger partial charge in [-0.2, -0.15) is 4.98 Å². The van der Waals surface area contributed by atoms with E-state index in [0.717, 1.165) is 17.7 Å². The number of alkyl halides is 1. The third kappa shape index (κ3) is 2.42. The van der Waals surface area contributed by atoms with Crippen molar-refractivity contribution in [1.82, 2.24) is 19.6 Å². The lowest BCUT2D eigenvalue weighted by atomic mass is 9.93. The second kappa shape index (κ2) is 5.31. The van der Waals surface area contributed by atoms with Gasteiger partial charge in [0, 0.05) is 6.26 Å². The Morgan fingerprint density at radius 3 is 2.75 bits per heavy atom. The summed E-state index contributed by atoms with van der Waals surface area (Å²) in [6.07, 6.45) is -1.93. The first-order valence-electron chi connectivity index (χ1n) is 6.92. The molecule has 1 aliphatic rings. The van der Waals surface area contributed by atoms with Crippen LogP contribution in [0.5, 0.6) is 0 Å². The van der Waals surface area contributed by atoms with Crippen LogP contribution in [0.2, 0.25) is 0 Å². The summed E-state index contributed by atoms with van der Waals surface area (Å²) in [6.45, 7) is 0.527.